The summed E-state index contributed by atoms with van der Waals surface area (Å²) in [4.78, 5) is 2.79. The van der Waals surface area contributed by atoms with E-state index in [4.69, 9.17) is 11.1 Å². The van der Waals surface area contributed by atoms with Crippen molar-refractivity contribution in [1.82, 2.24) is 4.98 Å². The third-order valence-electron chi connectivity index (χ3n) is 0.888. The lowest BCUT2D eigenvalue weighted by Crippen LogP contribution is -2.10. The topological polar surface area (TPSA) is 65.7 Å². The molecule has 1 heterocycles. The third kappa shape index (κ3) is 1.77. The normalized spacial score (nSPS) is 8.00. The Labute approximate surface area is 59.2 Å². The number of halogens is 1. The molecule has 0 amide bonds. The molecule has 0 unspecified atom stereocenters. The second-order valence-corrected chi connectivity index (χ2v) is 1.50. The molecule has 0 saturated heterocycles. The van der Waals surface area contributed by atoms with Crippen LogP contribution in [0.1, 0.15) is 5.69 Å². The molecule has 0 radical (unpaired) electrons. The molecular formula is C5H8ClN3. The summed E-state index contributed by atoms with van der Waals surface area (Å²) in [5, 5.41) is 6.90. The molecule has 0 aliphatic heterocycles. The van der Waals surface area contributed by atoms with Crippen LogP contribution < -0.4 is 5.73 Å². The number of rotatable bonds is 1. The van der Waals surface area contributed by atoms with Gasteiger partial charge >= 0.3 is 0 Å². The summed E-state index contributed by atoms with van der Waals surface area (Å²) in [6, 6.07) is 3.55. The van der Waals surface area contributed by atoms with E-state index in [0.29, 0.717) is 5.69 Å². The summed E-state index contributed by atoms with van der Waals surface area (Å²) >= 11 is 0. The van der Waals surface area contributed by atoms with E-state index < -0.39 is 0 Å². The average Bonchev–Trinajstić information content (AvgIpc) is 2.12. The highest BCUT2D eigenvalue weighted by molar-refractivity contribution is 5.92. The number of nitrogens with one attached hydrogen (secondary N) is 2. The van der Waals surface area contributed by atoms with Crippen LogP contribution in [-0.2, 0) is 0 Å². The predicted molar refractivity (Wildman–Crippen MR) is 39.1 cm³/mol. The van der Waals surface area contributed by atoms with Crippen molar-refractivity contribution in [2.75, 3.05) is 0 Å². The van der Waals surface area contributed by atoms with Gasteiger partial charge in [0.2, 0.25) is 0 Å². The summed E-state index contributed by atoms with van der Waals surface area (Å²) in [5.41, 5.74) is 5.78. The van der Waals surface area contributed by atoms with Crippen LogP contribution in [-0.4, -0.2) is 10.8 Å². The summed E-state index contributed by atoms with van der Waals surface area (Å²) in [6.07, 6.45) is 1.73. The van der Waals surface area contributed by atoms with Gasteiger partial charge in [-0.3, -0.25) is 5.41 Å². The minimum Gasteiger partial charge on any atom is -0.382 e. The van der Waals surface area contributed by atoms with Crippen molar-refractivity contribution in [3.63, 3.8) is 0 Å². The van der Waals surface area contributed by atoms with Crippen molar-refractivity contribution in [3.8, 4) is 0 Å². The molecule has 0 saturated carbocycles. The van der Waals surface area contributed by atoms with E-state index >= 15 is 0 Å². The second kappa shape index (κ2) is 3.14. The lowest BCUT2D eigenvalue weighted by molar-refractivity contribution is 1.31. The Hall–Kier alpha value is -0.960. The summed E-state index contributed by atoms with van der Waals surface area (Å²) < 4.78 is 0. The third-order valence-corrected chi connectivity index (χ3v) is 0.888. The van der Waals surface area contributed by atoms with E-state index in [1.807, 2.05) is 0 Å². The molecule has 0 bridgehead atoms. The van der Waals surface area contributed by atoms with Crippen LogP contribution in [0, 0.1) is 5.41 Å². The number of nitrogens with two attached hydrogens (primary N) is 1. The maximum Gasteiger partial charge on any atom is 0.139 e. The van der Waals surface area contributed by atoms with Crippen molar-refractivity contribution in [2.45, 2.75) is 0 Å². The highest BCUT2D eigenvalue weighted by atomic mass is 35.5. The molecule has 0 aliphatic rings. The highest BCUT2D eigenvalue weighted by Gasteiger charge is 1.90. The van der Waals surface area contributed by atoms with Crippen LogP contribution in [0.3, 0.4) is 0 Å². The molecule has 1 aromatic rings. The predicted octanol–water partition coefficient (Wildman–Crippen LogP) is 0.721. The number of aromatic nitrogens is 1. The fraction of sp³-hybridized carbons (Fsp3) is 0. The zero-order valence-electron chi connectivity index (χ0n) is 4.72. The summed E-state index contributed by atoms with van der Waals surface area (Å²) in [7, 11) is 0. The van der Waals surface area contributed by atoms with Crippen molar-refractivity contribution >= 4 is 18.2 Å². The van der Waals surface area contributed by atoms with Gasteiger partial charge in [0.1, 0.15) is 5.84 Å². The monoisotopic (exact) mass is 145 g/mol. The maximum absolute atomic E-state index is 6.90. The zero-order chi connectivity index (χ0) is 5.98. The van der Waals surface area contributed by atoms with E-state index in [0.717, 1.165) is 0 Å². The van der Waals surface area contributed by atoms with Gasteiger partial charge in [-0.1, -0.05) is 0 Å². The first-order chi connectivity index (χ1) is 3.80. The first-order valence-electron chi connectivity index (χ1n) is 2.28. The Morgan fingerprint density at radius 1 is 1.67 bits per heavy atom. The Balaban J connectivity index is 0.000000640. The summed E-state index contributed by atoms with van der Waals surface area (Å²) in [5.74, 6) is 0.0787. The van der Waals surface area contributed by atoms with Crippen molar-refractivity contribution in [3.05, 3.63) is 24.0 Å². The Morgan fingerprint density at radius 2 is 2.33 bits per heavy atom. The van der Waals surface area contributed by atoms with Crippen LogP contribution >= 0.6 is 12.4 Å². The molecule has 3 nitrogen and oxygen atoms in total. The average molecular weight is 146 g/mol. The smallest absolute Gasteiger partial charge is 0.139 e. The molecule has 1 aromatic heterocycles. The molecule has 0 aromatic carbocycles. The molecule has 0 atom stereocenters. The van der Waals surface area contributed by atoms with Crippen LogP contribution in [0.4, 0.5) is 0 Å². The molecule has 0 aliphatic carbocycles. The number of amidine groups is 1. The van der Waals surface area contributed by atoms with Gasteiger partial charge < -0.3 is 10.7 Å². The molecule has 4 N–H and O–H groups in total. The van der Waals surface area contributed by atoms with Gasteiger partial charge in [-0.05, 0) is 12.1 Å². The summed E-state index contributed by atoms with van der Waals surface area (Å²) in [6.45, 7) is 0. The second-order valence-electron chi connectivity index (χ2n) is 1.50. The maximum atomic E-state index is 6.90. The fourth-order valence-electron chi connectivity index (χ4n) is 0.498. The number of aromatic amines is 1. The molecular weight excluding hydrogens is 138 g/mol. The van der Waals surface area contributed by atoms with Crippen LogP contribution in [0.25, 0.3) is 0 Å². The van der Waals surface area contributed by atoms with Gasteiger partial charge in [0, 0.05) is 6.20 Å². The lowest BCUT2D eigenvalue weighted by Gasteiger charge is -1.86. The molecule has 50 valence electrons. The number of hydrogen-bond acceptors (Lipinski definition) is 1. The van der Waals surface area contributed by atoms with E-state index in [9.17, 15) is 0 Å². The molecule has 1 rings (SSSR count). The molecule has 0 fully saturated rings. The van der Waals surface area contributed by atoms with E-state index in [-0.39, 0.29) is 18.2 Å². The first-order valence-corrected chi connectivity index (χ1v) is 2.28. The number of H-pyrrole nitrogens is 1. The molecule has 9 heavy (non-hydrogen) atoms. The van der Waals surface area contributed by atoms with Crippen molar-refractivity contribution < 1.29 is 0 Å². The minimum atomic E-state index is 0. The van der Waals surface area contributed by atoms with Gasteiger partial charge in [0.05, 0.1) is 5.69 Å². The zero-order valence-corrected chi connectivity index (χ0v) is 5.53. The van der Waals surface area contributed by atoms with Gasteiger partial charge in [-0.15, -0.1) is 12.4 Å². The lowest BCUT2D eigenvalue weighted by atomic mass is 10.4. The van der Waals surface area contributed by atoms with Gasteiger partial charge in [0.15, 0.2) is 0 Å². The SMILES string of the molecule is Cl.N=C(N)c1ccc[nH]1. The minimum absolute atomic E-state index is 0. The van der Waals surface area contributed by atoms with Gasteiger partial charge in [-0.25, -0.2) is 0 Å². The van der Waals surface area contributed by atoms with E-state index in [2.05, 4.69) is 4.98 Å². The number of hydrogen-bond donors (Lipinski definition) is 3. The van der Waals surface area contributed by atoms with E-state index in [1.54, 1.807) is 18.3 Å². The van der Waals surface area contributed by atoms with Crippen LogP contribution in [0.2, 0.25) is 0 Å². The van der Waals surface area contributed by atoms with Crippen molar-refractivity contribution in [2.24, 2.45) is 5.73 Å². The molecule has 4 heteroatoms. The number of nitrogen functional groups attached to an aromatic ring is 1. The quantitative estimate of drug-likeness (QED) is 0.396. The fourth-order valence-corrected chi connectivity index (χ4v) is 0.498. The van der Waals surface area contributed by atoms with Crippen LogP contribution in [0.15, 0.2) is 18.3 Å². The Morgan fingerprint density at radius 3 is 2.56 bits per heavy atom. The standard InChI is InChI=1S/C5H7N3.ClH/c6-5(7)4-2-1-3-8-4;/h1-3,8H,(H3,6,7);1H. The Bertz CT molecular complexity index is 180. The van der Waals surface area contributed by atoms with E-state index in [1.165, 1.54) is 0 Å². The van der Waals surface area contributed by atoms with Crippen molar-refractivity contribution in [1.29, 1.82) is 5.41 Å². The largest absolute Gasteiger partial charge is 0.382 e. The van der Waals surface area contributed by atoms with Gasteiger partial charge in [-0.2, -0.15) is 0 Å². The first kappa shape index (κ1) is 8.04. The highest BCUT2D eigenvalue weighted by Crippen LogP contribution is 1.89. The van der Waals surface area contributed by atoms with Crippen LogP contribution in [0.5, 0.6) is 0 Å². The van der Waals surface area contributed by atoms with Gasteiger partial charge in [0.25, 0.3) is 0 Å². The molecule has 0 spiro atoms. The Kier molecular flexibility index (Phi) is 2.81.